The van der Waals surface area contributed by atoms with Crippen LogP contribution in [0.3, 0.4) is 0 Å². The molecule has 0 aliphatic carbocycles. The Balaban J connectivity index is 1.40. The molecule has 0 fully saturated rings. The second-order valence-electron chi connectivity index (χ2n) is 7.92. The molecule has 8 nitrogen and oxygen atoms in total. The van der Waals surface area contributed by atoms with Crippen molar-refractivity contribution in [3.8, 4) is 22.6 Å². The SMILES string of the molecule is CCOc1cc(-c2csc3ccccc23)cc2c1OCCN(C(=O)c1nc3ncccn3n1)C2. The van der Waals surface area contributed by atoms with Crippen molar-refractivity contribution in [3.05, 3.63) is 71.6 Å². The average Bonchev–Trinajstić information content (AvgIpc) is 3.42. The number of fused-ring (bicyclic) bond motifs is 3. The zero-order chi connectivity index (χ0) is 23.1. The Bertz CT molecular complexity index is 1490. The molecule has 0 saturated heterocycles. The molecule has 0 atom stereocenters. The number of amides is 1. The maximum atomic E-state index is 13.3. The van der Waals surface area contributed by atoms with E-state index in [1.807, 2.05) is 25.1 Å². The summed E-state index contributed by atoms with van der Waals surface area (Å²) in [6, 6.07) is 14.2. The molecule has 4 heterocycles. The van der Waals surface area contributed by atoms with E-state index in [-0.39, 0.29) is 11.7 Å². The Morgan fingerprint density at radius 1 is 1.24 bits per heavy atom. The molecule has 34 heavy (non-hydrogen) atoms. The highest BCUT2D eigenvalue weighted by Gasteiger charge is 2.27. The van der Waals surface area contributed by atoms with Crippen molar-refractivity contribution in [2.45, 2.75) is 13.5 Å². The molecule has 5 aromatic rings. The Morgan fingerprint density at radius 2 is 2.15 bits per heavy atom. The normalized spacial score (nSPS) is 13.5. The fourth-order valence-corrected chi connectivity index (χ4v) is 5.21. The van der Waals surface area contributed by atoms with Gasteiger partial charge in [-0.2, -0.15) is 4.98 Å². The Labute approximate surface area is 199 Å². The maximum Gasteiger partial charge on any atom is 0.294 e. The van der Waals surface area contributed by atoms with Crippen LogP contribution in [-0.4, -0.2) is 50.1 Å². The van der Waals surface area contributed by atoms with Gasteiger partial charge in [-0.1, -0.05) is 18.2 Å². The molecule has 0 saturated carbocycles. The summed E-state index contributed by atoms with van der Waals surface area (Å²) in [5.41, 5.74) is 3.07. The molecule has 6 rings (SSSR count). The predicted molar refractivity (Wildman–Crippen MR) is 129 cm³/mol. The number of carbonyl (C=O) groups is 1. The minimum atomic E-state index is -0.258. The van der Waals surface area contributed by atoms with Crippen LogP contribution >= 0.6 is 11.3 Å². The molecule has 0 bridgehead atoms. The van der Waals surface area contributed by atoms with Crippen LogP contribution in [0.1, 0.15) is 23.1 Å². The summed E-state index contributed by atoms with van der Waals surface area (Å²) in [6.07, 6.45) is 3.35. The number of thiophene rings is 1. The molecule has 3 aromatic heterocycles. The van der Waals surface area contributed by atoms with Crippen molar-refractivity contribution < 1.29 is 14.3 Å². The van der Waals surface area contributed by atoms with Crippen LogP contribution in [0.5, 0.6) is 11.5 Å². The first-order chi connectivity index (χ1) is 16.7. The van der Waals surface area contributed by atoms with Gasteiger partial charge in [0.05, 0.1) is 19.7 Å². The van der Waals surface area contributed by atoms with Crippen LogP contribution in [0, 0.1) is 0 Å². The van der Waals surface area contributed by atoms with Crippen LogP contribution in [-0.2, 0) is 6.54 Å². The fraction of sp³-hybridized carbons (Fsp3) is 0.200. The molecule has 2 aromatic carbocycles. The number of rotatable bonds is 4. The van der Waals surface area contributed by atoms with Gasteiger partial charge in [0, 0.05) is 33.6 Å². The zero-order valence-electron chi connectivity index (χ0n) is 18.5. The lowest BCUT2D eigenvalue weighted by atomic mass is 10.0. The smallest absolute Gasteiger partial charge is 0.294 e. The summed E-state index contributed by atoms with van der Waals surface area (Å²) in [4.78, 5) is 23.5. The Kier molecular flexibility index (Phi) is 5.10. The van der Waals surface area contributed by atoms with Crippen molar-refractivity contribution in [1.82, 2.24) is 24.5 Å². The minimum Gasteiger partial charge on any atom is -0.490 e. The number of aromatic nitrogens is 4. The molecule has 0 N–H and O–H groups in total. The summed E-state index contributed by atoms with van der Waals surface area (Å²) in [5, 5.41) is 7.66. The highest BCUT2D eigenvalue weighted by molar-refractivity contribution is 7.17. The lowest BCUT2D eigenvalue weighted by Gasteiger charge is -2.19. The van der Waals surface area contributed by atoms with Gasteiger partial charge in [0.2, 0.25) is 5.82 Å². The van der Waals surface area contributed by atoms with Crippen molar-refractivity contribution in [2.75, 3.05) is 19.8 Å². The van der Waals surface area contributed by atoms with Crippen LogP contribution in [0.25, 0.3) is 27.0 Å². The van der Waals surface area contributed by atoms with E-state index in [1.54, 1.807) is 34.7 Å². The highest BCUT2D eigenvalue weighted by atomic mass is 32.1. The number of hydrogen-bond acceptors (Lipinski definition) is 7. The first-order valence-corrected chi connectivity index (χ1v) is 11.9. The summed E-state index contributed by atoms with van der Waals surface area (Å²) in [5.74, 6) is 1.63. The van der Waals surface area contributed by atoms with Crippen molar-refractivity contribution in [2.24, 2.45) is 0 Å². The molecule has 170 valence electrons. The molecule has 0 spiro atoms. The van der Waals surface area contributed by atoms with E-state index in [1.165, 1.54) is 14.6 Å². The highest BCUT2D eigenvalue weighted by Crippen LogP contribution is 2.41. The van der Waals surface area contributed by atoms with Gasteiger partial charge in [0.15, 0.2) is 11.5 Å². The van der Waals surface area contributed by atoms with Crippen LogP contribution in [0.4, 0.5) is 0 Å². The topological polar surface area (TPSA) is 81.9 Å². The quantitative estimate of drug-likeness (QED) is 0.385. The number of hydrogen-bond donors (Lipinski definition) is 0. The molecule has 1 aliphatic rings. The van der Waals surface area contributed by atoms with Crippen molar-refractivity contribution >= 4 is 33.1 Å². The van der Waals surface area contributed by atoms with Gasteiger partial charge in [-0.3, -0.25) is 4.79 Å². The lowest BCUT2D eigenvalue weighted by Crippen LogP contribution is -2.33. The monoisotopic (exact) mass is 471 g/mol. The second kappa shape index (κ2) is 8.42. The standard InChI is InChI=1S/C25H21N5O3S/c1-2-32-20-13-16(19-15-34-21-7-4-3-6-18(19)21)12-17-14-29(10-11-33-22(17)20)24(31)23-27-25-26-8-5-9-30(25)28-23/h3-9,12-13,15H,2,10-11,14H2,1H3. The zero-order valence-corrected chi connectivity index (χ0v) is 19.3. The molecule has 9 heteroatoms. The summed E-state index contributed by atoms with van der Waals surface area (Å²) < 4.78 is 14.8. The molecule has 0 unspecified atom stereocenters. The van der Waals surface area contributed by atoms with Crippen LogP contribution in [0.15, 0.2) is 60.2 Å². The third-order valence-corrected chi connectivity index (χ3v) is 6.75. The first-order valence-electron chi connectivity index (χ1n) is 11.1. The molecule has 1 aliphatic heterocycles. The molecule has 1 amide bonds. The average molecular weight is 472 g/mol. The van der Waals surface area contributed by atoms with Gasteiger partial charge < -0.3 is 14.4 Å². The van der Waals surface area contributed by atoms with E-state index >= 15 is 0 Å². The van der Waals surface area contributed by atoms with Crippen molar-refractivity contribution in [3.63, 3.8) is 0 Å². The second-order valence-corrected chi connectivity index (χ2v) is 8.83. The van der Waals surface area contributed by atoms with Gasteiger partial charge in [-0.25, -0.2) is 9.50 Å². The van der Waals surface area contributed by atoms with E-state index in [9.17, 15) is 4.79 Å². The predicted octanol–water partition coefficient (Wildman–Crippen LogP) is 4.44. The van der Waals surface area contributed by atoms with E-state index in [2.05, 4.69) is 38.6 Å². The number of carbonyl (C=O) groups excluding carboxylic acids is 1. The van der Waals surface area contributed by atoms with Crippen LogP contribution in [0.2, 0.25) is 0 Å². The molecular formula is C25H21N5O3S. The Hall–Kier alpha value is -3.98. The third kappa shape index (κ3) is 3.54. The summed E-state index contributed by atoms with van der Waals surface area (Å²) in [6.45, 7) is 3.61. The van der Waals surface area contributed by atoms with E-state index in [0.29, 0.717) is 43.6 Å². The summed E-state index contributed by atoms with van der Waals surface area (Å²) in [7, 11) is 0. The Morgan fingerprint density at radius 3 is 3.03 bits per heavy atom. The third-order valence-electron chi connectivity index (χ3n) is 5.79. The van der Waals surface area contributed by atoms with Gasteiger partial charge in [-0.05, 0) is 42.1 Å². The first kappa shape index (κ1) is 20.6. The maximum absolute atomic E-state index is 13.3. The fourth-order valence-electron chi connectivity index (χ4n) is 4.24. The van der Waals surface area contributed by atoms with Gasteiger partial charge in [0.25, 0.3) is 11.7 Å². The molecular weight excluding hydrogens is 450 g/mol. The van der Waals surface area contributed by atoms with E-state index < -0.39 is 0 Å². The van der Waals surface area contributed by atoms with E-state index in [0.717, 1.165) is 16.7 Å². The lowest BCUT2D eigenvalue weighted by molar-refractivity contribution is 0.0721. The largest absolute Gasteiger partial charge is 0.490 e. The summed E-state index contributed by atoms with van der Waals surface area (Å²) >= 11 is 1.71. The van der Waals surface area contributed by atoms with Crippen LogP contribution < -0.4 is 9.47 Å². The van der Waals surface area contributed by atoms with E-state index in [4.69, 9.17) is 9.47 Å². The van der Waals surface area contributed by atoms with Gasteiger partial charge in [0.1, 0.15) is 6.61 Å². The van der Waals surface area contributed by atoms with Gasteiger partial charge in [-0.15, -0.1) is 16.4 Å². The minimum absolute atomic E-state index is 0.118. The number of benzene rings is 2. The van der Waals surface area contributed by atoms with Crippen molar-refractivity contribution in [1.29, 1.82) is 0 Å². The molecule has 0 radical (unpaired) electrons. The number of ether oxygens (including phenoxy) is 2. The number of nitrogens with zero attached hydrogens (tertiary/aromatic N) is 5. The van der Waals surface area contributed by atoms with Gasteiger partial charge >= 0.3 is 0 Å².